The van der Waals surface area contributed by atoms with E-state index in [9.17, 15) is 14.4 Å². The van der Waals surface area contributed by atoms with Crippen molar-refractivity contribution in [3.05, 3.63) is 97.1 Å². The van der Waals surface area contributed by atoms with Gasteiger partial charge in [-0.15, -0.1) is 0 Å². The first kappa shape index (κ1) is 40.3. The van der Waals surface area contributed by atoms with Crippen LogP contribution in [0.2, 0.25) is 0 Å². The van der Waals surface area contributed by atoms with Crippen molar-refractivity contribution < 1.29 is 23.9 Å². The Hall–Kier alpha value is -5.47. The molecule has 306 valence electrons. The Balaban J connectivity index is 0.000000148. The predicted molar refractivity (Wildman–Crippen MR) is 226 cm³/mol. The first-order valence-electron chi connectivity index (χ1n) is 20.7. The number of nitrogens with zero attached hydrogens (tertiary/aromatic N) is 7. The van der Waals surface area contributed by atoms with Crippen LogP contribution >= 0.6 is 0 Å². The van der Waals surface area contributed by atoms with Crippen LogP contribution in [0.4, 0.5) is 0 Å². The molecule has 0 atom stereocenters. The molecule has 6 aromatic rings. The molecule has 4 aliphatic rings. The summed E-state index contributed by atoms with van der Waals surface area (Å²) in [5.41, 5.74) is 6.16. The molecule has 0 aliphatic carbocycles. The number of aromatic nitrogens is 6. The van der Waals surface area contributed by atoms with Crippen molar-refractivity contribution >= 4 is 38.9 Å². The van der Waals surface area contributed by atoms with E-state index in [1.54, 1.807) is 9.36 Å². The number of rotatable bonds is 9. The molecule has 4 aromatic heterocycles. The minimum absolute atomic E-state index is 0.159. The third-order valence-electron chi connectivity index (χ3n) is 11.8. The highest BCUT2D eigenvalue weighted by Gasteiger charge is 2.32. The van der Waals surface area contributed by atoms with E-state index in [1.165, 1.54) is 0 Å². The fourth-order valence-electron chi connectivity index (χ4n) is 8.06. The molecule has 0 spiro atoms. The van der Waals surface area contributed by atoms with E-state index in [0.717, 1.165) is 120 Å². The smallest absolute Gasteiger partial charge is 0.184 e. The number of ether oxygens (including phenoxy) is 2. The number of hydrogen-bond acceptors (Lipinski definition) is 11. The van der Waals surface area contributed by atoms with Gasteiger partial charge in [-0.1, -0.05) is 24.3 Å². The van der Waals surface area contributed by atoms with Crippen molar-refractivity contribution in [2.75, 3.05) is 52.6 Å². The Morgan fingerprint density at radius 3 is 1.54 bits per heavy atom. The lowest BCUT2D eigenvalue weighted by molar-refractivity contribution is -0.140. The van der Waals surface area contributed by atoms with Gasteiger partial charge in [-0.2, -0.15) is 10.2 Å². The van der Waals surface area contributed by atoms with Crippen LogP contribution in [0.3, 0.4) is 0 Å². The first-order chi connectivity index (χ1) is 28.7. The molecule has 0 unspecified atom stereocenters. The summed E-state index contributed by atoms with van der Waals surface area (Å²) >= 11 is 0. The second kappa shape index (κ2) is 18.6. The van der Waals surface area contributed by atoms with Gasteiger partial charge in [-0.05, 0) is 98.0 Å². The predicted octanol–water partition coefficient (Wildman–Crippen LogP) is 5.19. The number of likely N-dealkylation sites (tertiary alicyclic amines) is 1. The molecule has 0 bridgehead atoms. The van der Waals surface area contributed by atoms with Gasteiger partial charge in [0.1, 0.15) is 24.8 Å². The summed E-state index contributed by atoms with van der Waals surface area (Å²) < 4.78 is 13.4. The van der Waals surface area contributed by atoms with Crippen LogP contribution in [0.15, 0.2) is 85.7 Å². The van der Waals surface area contributed by atoms with Gasteiger partial charge in [0, 0.05) is 96.8 Å². The number of pyridine rings is 2. The molecule has 1 N–H and O–H groups in total. The number of fused-ring (bicyclic) bond motifs is 2. The fourth-order valence-corrected chi connectivity index (χ4v) is 8.06. The summed E-state index contributed by atoms with van der Waals surface area (Å²) in [4.78, 5) is 46.7. The molecule has 13 heteroatoms. The molecular weight excluding hydrogens is 745 g/mol. The van der Waals surface area contributed by atoms with Gasteiger partial charge in [0.25, 0.3) is 0 Å². The second-order valence-electron chi connectivity index (χ2n) is 16.1. The number of carbonyl (C=O) groups excluding carboxylic acids is 3. The molecule has 13 nitrogen and oxygen atoms in total. The lowest BCUT2D eigenvalue weighted by Gasteiger charge is -2.41. The van der Waals surface area contributed by atoms with E-state index in [2.05, 4.69) is 77.6 Å². The number of hydrogen-bond donors (Lipinski definition) is 1. The fraction of sp³-hybridized carbons (Fsp3) is 0.413. The number of nitrogens with one attached hydrogen (secondary N) is 1. The third-order valence-corrected chi connectivity index (χ3v) is 11.8. The van der Waals surface area contributed by atoms with Crippen LogP contribution in [-0.2, 0) is 50.8 Å². The van der Waals surface area contributed by atoms with E-state index in [1.807, 2.05) is 57.3 Å². The Morgan fingerprint density at radius 1 is 0.644 bits per heavy atom. The van der Waals surface area contributed by atoms with Crippen molar-refractivity contribution in [3.8, 4) is 22.3 Å². The van der Waals surface area contributed by atoms with Gasteiger partial charge in [-0.3, -0.25) is 38.6 Å². The summed E-state index contributed by atoms with van der Waals surface area (Å²) in [6, 6.07) is 17.3. The molecule has 0 amide bonds. The highest BCUT2D eigenvalue weighted by Crippen LogP contribution is 2.28. The minimum Gasteiger partial charge on any atom is -0.378 e. The number of aryl methyl sites for hydroxylation is 2. The van der Waals surface area contributed by atoms with Gasteiger partial charge in [0.15, 0.2) is 5.78 Å². The molecule has 0 saturated carbocycles. The molecule has 2 aromatic carbocycles. The third kappa shape index (κ3) is 10.2. The molecule has 59 heavy (non-hydrogen) atoms. The zero-order valence-electron chi connectivity index (χ0n) is 33.9. The van der Waals surface area contributed by atoms with Crippen molar-refractivity contribution in [2.24, 2.45) is 25.9 Å². The first-order valence-corrected chi connectivity index (χ1v) is 20.7. The quantitative estimate of drug-likeness (QED) is 0.206. The Labute approximate surface area is 344 Å². The summed E-state index contributed by atoms with van der Waals surface area (Å²) in [6.45, 7) is 6.28. The van der Waals surface area contributed by atoms with Crippen LogP contribution in [-0.4, -0.2) is 110 Å². The zero-order valence-corrected chi connectivity index (χ0v) is 33.9. The molecule has 4 saturated heterocycles. The summed E-state index contributed by atoms with van der Waals surface area (Å²) in [5.74, 6) is 1.19. The highest BCUT2D eigenvalue weighted by atomic mass is 16.5. The van der Waals surface area contributed by atoms with Gasteiger partial charge in [0.05, 0.1) is 31.6 Å². The average Bonchev–Trinajstić information content (AvgIpc) is 3.88. The molecule has 10 rings (SSSR count). The number of Topliss-reactive ketones (excluding diaryl/α,β-unsaturated/α-hetero) is 3. The molecule has 0 radical (unpaired) electrons. The largest absolute Gasteiger partial charge is 0.378 e. The van der Waals surface area contributed by atoms with Crippen molar-refractivity contribution in [2.45, 2.75) is 44.6 Å². The van der Waals surface area contributed by atoms with Gasteiger partial charge < -0.3 is 14.8 Å². The topological polar surface area (TPSA) is 146 Å². The maximum Gasteiger partial charge on any atom is 0.184 e. The molecule has 4 aliphatic heterocycles. The lowest BCUT2D eigenvalue weighted by Crippen LogP contribution is -2.52. The summed E-state index contributed by atoms with van der Waals surface area (Å²) in [5, 5.41) is 16.2. The maximum absolute atomic E-state index is 12.9. The van der Waals surface area contributed by atoms with E-state index in [0.29, 0.717) is 43.7 Å². The van der Waals surface area contributed by atoms with Crippen molar-refractivity contribution in [1.29, 1.82) is 0 Å². The molecular formula is C46H52N8O5. The van der Waals surface area contributed by atoms with Crippen molar-refractivity contribution in [3.63, 3.8) is 0 Å². The average molecular weight is 797 g/mol. The zero-order chi connectivity index (χ0) is 40.7. The van der Waals surface area contributed by atoms with E-state index in [4.69, 9.17) is 4.74 Å². The molecule has 8 heterocycles. The highest BCUT2D eigenvalue weighted by molar-refractivity contribution is 5.90. The van der Waals surface area contributed by atoms with Crippen LogP contribution in [0.25, 0.3) is 43.8 Å². The monoisotopic (exact) mass is 796 g/mol. The van der Waals surface area contributed by atoms with Crippen LogP contribution in [0.1, 0.15) is 37.1 Å². The van der Waals surface area contributed by atoms with Crippen molar-refractivity contribution in [1.82, 2.24) is 39.7 Å². The SMILES string of the molecule is Cn1cc(-c2ccc3cnc(CC(=O)C4CCN(C5COC5)CC4)cc3c2)cn1.Cn1cc(-c2ccc3cnc(CC(=O)C4CCNCC4)cc3c2)cn1.O=C1COC1. The molecule has 4 fully saturated rings. The Morgan fingerprint density at radius 2 is 1.14 bits per heavy atom. The summed E-state index contributed by atoms with van der Waals surface area (Å²) in [7, 11) is 3.83. The van der Waals surface area contributed by atoms with E-state index >= 15 is 0 Å². The number of piperidine rings is 2. The second-order valence-corrected chi connectivity index (χ2v) is 16.1. The van der Waals surface area contributed by atoms with E-state index in [-0.39, 0.29) is 17.6 Å². The number of carbonyl (C=O) groups is 3. The summed E-state index contributed by atoms with van der Waals surface area (Å²) in [6.07, 6.45) is 16.1. The standard InChI is InChI=1S/C23H26N4O2.C20H22N4O.C3H4O2/c1-26-13-20(12-25-26)17-2-3-18-11-24-21(9-19(18)8-17)10-23(28)16-4-6-27(7-5-16)22-14-29-15-22;1-24-13-18(12-23-24)15-2-3-16-11-22-19(9-17(16)8-15)10-20(25)14-4-6-21-7-5-14;4-3-1-5-2-3/h2-3,8-9,11-13,16,22H,4-7,10,14-15H2,1H3;2-3,8-9,11-14,21H,4-7,10H2,1H3;1-2H2. The maximum atomic E-state index is 12.9. The number of ketones is 3. The minimum atomic E-state index is 0.159. The van der Waals surface area contributed by atoms with Gasteiger partial charge >= 0.3 is 0 Å². The number of benzene rings is 2. The normalized spacial score (nSPS) is 17.7. The van der Waals surface area contributed by atoms with Gasteiger partial charge in [-0.25, -0.2) is 0 Å². The van der Waals surface area contributed by atoms with Crippen LogP contribution in [0, 0.1) is 11.8 Å². The Bertz CT molecular complexity index is 2420. The van der Waals surface area contributed by atoms with Crippen LogP contribution < -0.4 is 5.32 Å². The Kier molecular flexibility index (Phi) is 12.7. The lowest BCUT2D eigenvalue weighted by atomic mass is 9.89. The van der Waals surface area contributed by atoms with Crippen LogP contribution in [0.5, 0.6) is 0 Å². The van der Waals surface area contributed by atoms with Gasteiger partial charge in [0.2, 0.25) is 0 Å². The van der Waals surface area contributed by atoms with E-state index < -0.39 is 0 Å².